The molecule has 0 atom stereocenters. The minimum absolute atomic E-state index is 0.0109. The van der Waals surface area contributed by atoms with E-state index >= 15 is 0 Å². The Morgan fingerprint density at radius 3 is 2.34 bits per heavy atom. The van der Waals surface area contributed by atoms with E-state index in [9.17, 15) is 14.7 Å². The first kappa shape index (κ1) is 21.9. The molecular weight excluding hydrogens is 404 g/mol. The number of methoxy groups -OCH3 is 1. The predicted octanol–water partition coefficient (Wildman–Crippen LogP) is 5.15. The van der Waals surface area contributed by atoms with E-state index in [-0.39, 0.29) is 17.9 Å². The van der Waals surface area contributed by atoms with Crippen molar-refractivity contribution >= 4 is 22.8 Å². The highest BCUT2D eigenvalue weighted by Crippen LogP contribution is 2.41. The summed E-state index contributed by atoms with van der Waals surface area (Å²) >= 11 is 0. The molecule has 1 aromatic heterocycles. The molecule has 168 valence electrons. The molecule has 6 heteroatoms. The summed E-state index contributed by atoms with van der Waals surface area (Å²) in [6, 6.07) is 13.5. The smallest absolute Gasteiger partial charge is 0.335 e. The number of benzene rings is 2. The van der Waals surface area contributed by atoms with Crippen molar-refractivity contribution in [1.29, 1.82) is 0 Å². The second-order valence-corrected chi connectivity index (χ2v) is 8.72. The maximum atomic E-state index is 12.8. The molecule has 2 aromatic carbocycles. The second-order valence-electron chi connectivity index (χ2n) is 8.72. The van der Waals surface area contributed by atoms with Crippen LogP contribution in [0, 0.1) is 0 Å². The number of rotatable bonds is 6. The molecule has 32 heavy (non-hydrogen) atoms. The molecule has 0 saturated heterocycles. The number of aromatic carboxylic acids is 1. The van der Waals surface area contributed by atoms with Crippen molar-refractivity contribution in [1.82, 2.24) is 9.47 Å². The van der Waals surface area contributed by atoms with Gasteiger partial charge in [-0.05, 0) is 66.4 Å². The average molecular weight is 435 g/mol. The summed E-state index contributed by atoms with van der Waals surface area (Å²) in [6.07, 6.45) is 5.96. The Bertz CT molecular complexity index is 1140. The number of aromatic nitrogens is 1. The van der Waals surface area contributed by atoms with Crippen LogP contribution in [0.1, 0.15) is 54.1 Å². The summed E-state index contributed by atoms with van der Waals surface area (Å²) in [5, 5.41) is 10.5. The van der Waals surface area contributed by atoms with Crippen LogP contribution in [0.3, 0.4) is 0 Å². The second kappa shape index (κ2) is 9.07. The number of carbonyl (C=O) groups excluding carboxylic acids is 1. The number of carbonyl (C=O) groups is 2. The van der Waals surface area contributed by atoms with Crippen molar-refractivity contribution in [3.8, 4) is 17.0 Å². The van der Waals surface area contributed by atoms with Crippen LogP contribution in [0.25, 0.3) is 22.2 Å². The Labute approximate surface area is 188 Å². The van der Waals surface area contributed by atoms with Crippen LogP contribution in [0.15, 0.2) is 42.5 Å². The lowest BCUT2D eigenvalue weighted by Gasteiger charge is -2.27. The standard InChI is InChI=1S/C26H30N2O4/c1-27(2)24(29)16-22-21-15-18(26(30)31)11-14-23(21)28(19-7-5-4-6-8-19)25(22)17-9-12-20(32-3)13-10-17/h9-15,19H,4-8,16H2,1-3H3,(H,30,31). The number of fused-ring (bicyclic) bond motifs is 1. The van der Waals surface area contributed by atoms with Gasteiger partial charge in [-0.2, -0.15) is 0 Å². The fourth-order valence-corrected chi connectivity index (χ4v) is 4.78. The van der Waals surface area contributed by atoms with E-state index in [1.165, 1.54) is 19.3 Å². The molecule has 1 fully saturated rings. The van der Waals surface area contributed by atoms with Gasteiger partial charge in [0.05, 0.1) is 24.8 Å². The van der Waals surface area contributed by atoms with E-state index in [4.69, 9.17) is 4.74 Å². The number of ether oxygens (including phenoxy) is 1. The van der Waals surface area contributed by atoms with Crippen molar-refractivity contribution in [2.45, 2.75) is 44.6 Å². The Morgan fingerprint density at radius 2 is 1.75 bits per heavy atom. The van der Waals surface area contributed by atoms with Gasteiger partial charge in [-0.25, -0.2) is 4.79 Å². The van der Waals surface area contributed by atoms with Gasteiger partial charge in [0, 0.05) is 31.0 Å². The lowest BCUT2D eigenvalue weighted by atomic mass is 9.94. The van der Waals surface area contributed by atoms with E-state index < -0.39 is 5.97 Å². The van der Waals surface area contributed by atoms with Crippen molar-refractivity contribution in [3.05, 3.63) is 53.6 Å². The van der Waals surface area contributed by atoms with Crippen LogP contribution >= 0.6 is 0 Å². The molecule has 0 spiro atoms. The molecule has 3 aromatic rings. The highest BCUT2D eigenvalue weighted by Gasteiger charge is 2.27. The first-order chi connectivity index (χ1) is 15.4. The Morgan fingerprint density at radius 1 is 1.06 bits per heavy atom. The first-order valence-electron chi connectivity index (χ1n) is 11.2. The molecule has 1 aliphatic rings. The molecule has 6 nitrogen and oxygen atoms in total. The Hall–Kier alpha value is -3.28. The van der Waals surface area contributed by atoms with Gasteiger partial charge in [0.1, 0.15) is 5.75 Å². The van der Waals surface area contributed by atoms with Gasteiger partial charge >= 0.3 is 5.97 Å². The Balaban J connectivity index is 2.02. The molecule has 0 aliphatic heterocycles. The lowest BCUT2D eigenvalue weighted by Crippen LogP contribution is -2.24. The van der Waals surface area contributed by atoms with Crippen molar-refractivity contribution < 1.29 is 19.4 Å². The normalized spacial score (nSPS) is 14.5. The third-order valence-electron chi connectivity index (χ3n) is 6.49. The fraction of sp³-hybridized carbons (Fsp3) is 0.385. The van der Waals surface area contributed by atoms with Crippen LogP contribution in [-0.4, -0.2) is 47.7 Å². The summed E-state index contributed by atoms with van der Waals surface area (Å²) in [7, 11) is 5.14. The number of hydrogen-bond donors (Lipinski definition) is 1. The van der Waals surface area contributed by atoms with E-state index in [0.29, 0.717) is 6.04 Å². The van der Waals surface area contributed by atoms with E-state index in [1.807, 2.05) is 30.3 Å². The van der Waals surface area contributed by atoms with Gasteiger partial charge in [-0.15, -0.1) is 0 Å². The number of carboxylic acids is 1. The van der Waals surface area contributed by atoms with Crippen molar-refractivity contribution in [2.75, 3.05) is 21.2 Å². The van der Waals surface area contributed by atoms with Gasteiger partial charge in [0.2, 0.25) is 5.91 Å². The lowest BCUT2D eigenvalue weighted by molar-refractivity contribution is -0.127. The Kier molecular flexibility index (Phi) is 6.21. The first-order valence-corrected chi connectivity index (χ1v) is 11.2. The molecular formula is C26H30N2O4. The minimum Gasteiger partial charge on any atom is -0.497 e. The molecule has 1 aliphatic carbocycles. The number of nitrogens with zero attached hydrogens (tertiary/aromatic N) is 2. The molecule has 0 bridgehead atoms. The summed E-state index contributed by atoms with van der Waals surface area (Å²) in [5.41, 5.74) is 4.13. The molecule has 1 amide bonds. The number of amides is 1. The summed E-state index contributed by atoms with van der Waals surface area (Å²) < 4.78 is 7.71. The van der Waals surface area contributed by atoms with Crippen molar-refractivity contribution in [2.24, 2.45) is 0 Å². The number of likely N-dealkylation sites (N-methyl/N-ethyl adjacent to an activating group) is 1. The van der Waals surface area contributed by atoms with Crippen LogP contribution in [0.5, 0.6) is 5.75 Å². The molecule has 0 radical (unpaired) electrons. The van der Waals surface area contributed by atoms with Crippen LogP contribution in [0.4, 0.5) is 0 Å². The monoisotopic (exact) mass is 434 g/mol. The third-order valence-corrected chi connectivity index (χ3v) is 6.49. The molecule has 1 saturated carbocycles. The van der Waals surface area contributed by atoms with Crippen molar-refractivity contribution in [3.63, 3.8) is 0 Å². The van der Waals surface area contributed by atoms with Gasteiger partial charge in [0.25, 0.3) is 0 Å². The molecule has 1 heterocycles. The molecule has 4 rings (SSSR count). The summed E-state index contributed by atoms with van der Waals surface area (Å²) in [6.45, 7) is 0. The van der Waals surface area contributed by atoms with E-state index in [0.717, 1.165) is 46.3 Å². The largest absolute Gasteiger partial charge is 0.497 e. The highest BCUT2D eigenvalue weighted by molar-refractivity contribution is 6.00. The number of hydrogen-bond acceptors (Lipinski definition) is 3. The van der Waals surface area contributed by atoms with Crippen LogP contribution < -0.4 is 4.74 Å². The zero-order valence-electron chi connectivity index (χ0n) is 18.9. The van der Waals surface area contributed by atoms with Crippen LogP contribution in [0.2, 0.25) is 0 Å². The third kappa shape index (κ3) is 4.09. The van der Waals surface area contributed by atoms with Crippen LogP contribution in [-0.2, 0) is 11.2 Å². The SMILES string of the molecule is COc1ccc(-c2c(CC(=O)N(C)C)c3cc(C(=O)O)ccc3n2C2CCCCC2)cc1. The molecule has 0 unspecified atom stereocenters. The zero-order chi connectivity index (χ0) is 22.8. The number of carboxylic acid groups (broad SMARTS) is 1. The summed E-state index contributed by atoms with van der Waals surface area (Å²) in [4.78, 5) is 26.1. The minimum atomic E-state index is -0.965. The highest BCUT2D eigenvalue weighted by atomic mass is 16.5. The quantitative estimate of drug-likeness (QED) is 0.582. The topological polar surface area (TPSA) is 71.8 Å². The summed E-state index contributed by atoms with van der Waals surface area (Å²) in [5.74, 6) is -0.204. The van der Waals surface area contributed by atoms with E-state index in [1.54, 1.807) is 38.2 Å². The van der Waals surface area contributed by atoms with Gasteiger partial charge in [-0.1, -0.05) is 19.3 Å². The van der Waals surface area contributed by atoms with Gasteiger partial charge in [0.15, 0.2) is 0 Å². The maximum Gasteiger partial charge on any atom is 0.335 e. The fourth-order valence-electron chi connectivity index (χ4n) is 4.78. The molecule has 1 N–H and O–H groups in total. The van der Waals surface area contributed by atoms with Gasteiger partial charge < -0.3 is 19.3 Å². The average Bonchev–Trinajstić information content (AvgIpc) is 3.12. The maximum absolute atomic E-state index is 12.8. The van der Waals surface area contributed by atoms with E-state index in [2.05, 4.69) is 4.57 Å². The van der Waals surface area contributed by atoms with Gasteiger partial charge in [-0.3, -0.25) is 4.79 Å². The predicted molar refractivity (Wildman–Crippen MR) is 125 cm³/mol. The zero-order valence-corrected chi connectivity index (χ0v) is 18.9.